The molecule has 1 aliphatic heterocycles. The van der Waals surface area contributed by atoms with Crippen LogP contribution < -0.4 is 4.90 Å². The molecular weight excluding hydrogens is 342 g/mol. The fraction of sp³-hybridized carbons (Fsp3) is 0.167. The van der Waals surface area contributed by atoms with Crippen LogP contribution in [0.1, 0.15) is 37.2 Å². The summed E-state index contributed by atoms with van der Waals surface area (Å²) < 4.78 is 0. The molecule has 1 aliphatic rings. The van der Waals surface area contributed by atoms with Crippen LogP contribution in [0.4, 0.5) is 5.69 Å². The lowest BCUT2D eigenvalue weighted by Crippen LogP contribution is -2.30. The van der Waals surface area contributed by atoms with Gasteiger partial charge < -0.3 is 10.2 Å². The monoisotopic (exact) mass is 357 g/mol. The maximum Gasteiger partial charge on any atom is 0.337 e. The van der Waals surface area contributed by atoms with E-state index in [1.807, 2.05) is 0 Å². The molecule has 1 saturated heterocycles. The predicted octanol–water partition coefficient (Wildman–Crippen LogP) is 3.17. The number of aryl methyl sites for hydroxylation is 1. The molecule has 0 aromatic heterocycles. The van der Waals surface area contributed by atoms with E-state index in [1.54, 1.807) is 31.2 Å². The van der Waals surface area contributed by atoms with E-state index >= 15 is 0 Å². The summed E-state index contributed by atoms with van der Waals surface area (Å²) in [6.45, 7) is 1.77. The van der Waals surface area contributed by atoms with Crippen molar-refractivity contribution in [2.45, 2.75) is 12.3 Å². The molecule has 0 aliphatic carbocycles. The van der Waals surface area contributed by atoms with Crippen molar-refractivity contribution in [1.82, 2.24) is 0 Å². The van der Waals surface area contributed by atoms with Gasteiger partial charge in [0.2, 0.25) is 5.91 Å². The summed E-state index contributed by atoms with van der Waals surface area (Å²) in [5.74, 6) is -2.05. The number of carboxylic acid groups (broad SMARTS) is 2. The zero-order valence-corrected chi connectivity index (χ0v) is 14.1. The molecule has 7 heteroatoms. The molecule has 25 heavy (non-hydrogen) atoms. The van der Waals surface area contributed by atoms with Crippen LogP contribution in [0.3, 0.4) is 0 Å². The molecular formula is C18H15NO5S. The van der Waals surface area contributed by atoms with Gasteiger partial charge in [-0.2, -0.15) is 0 Å². The lowest BCUT2D eigenvalue weighted by atomic mass is 10.0. The fourth-order valence-electron chi connectivity index (χ4n) is 2.85. The first-order valence-electron chi connectivity index (χ1n) is 7.50. The van der Waals surface area contributed by atoms with Crippen molar-refractivity contribution >= 4 is 35.3 Å². The summed E-state index contributed by atoms with van der Waals surface area (Å²) in [6, 6.07) is 11.2. The van der Waals surface area contributed by atoms with Gasteiger partial charge >= 0.3 is 11.9 Å². The summed E-state index contributed by atoms with van der Waals surface area (Å²) in [4.78, 5) is 36.6. The third-order valence-corrected chi connectivity index (χ3v) is 5.23. The first-order chi connectivity index (χ1) is 11.9. The van der Waals surface area contributed by atoms with E-state index in [2.05, 4.69) is 0 Å². The number of nitrogens with zero attached hydrogens (tertiary/aromatic N) is 1. The predicted molar refractivity (Wildman–Crippen MR) is 94.2 cm³/mol. The fourth-order valence-corrected chi connectivity index (χ4v) is 4.02. The van der Waals surface area contributed by atoms with Crippen molar-refractivity contribution in [3.05, 3.63) is 64.7 Å². The maximum absolute atomic E-state index is 12.5. The van der Waals surface area contributed by atoms with E-state index in [4.69, 9.17) is 5.11 Å². The molecule has 6 nitrogen and oxygen atoms in total. The van der Waals surface area contributed by atoms with Gasteiger partial charge in [0.1, 0.15) is 5.37 Å². The number of rotatable bonds is 4. The second-order valence-corrected chi connectivity index (χ2v) is 6.70. The van der Waals surface area contributed by atoms with Gasteiger partial charge in [-0.1, -0.05) is 24.3 Å². The molecule has 0 radical (unpaired) electrons. The molecule has 1 amide bonds. The minimum atomic E-state index is -1.09. The summed E-state index contributed by atoms with van der Waals surface area (Å²) in [5.41, 5.74) is 2.07. The van der Waals surface area contributed by atoms with E-state index in [0.717, 1.165) is 5.56 Å². The standard InChI is InChI=1S/C18H15NO5S/c1-10-3-2-4-13(18(23)24)15(10)19-14(20)9-25-16(19)11-5-7-12(8-6-11)17(21)22/h2-8,16H,9H2,1H3,(H,21,22)(H,23,24). The van der Waals surface area contributed by atoms with Gasteiger partial charge in [0.05, 0.1) is 22.6 Å². The van der Waals surface area contributed by atoms with Crippen molar-refractivity contribution < 1.29 is 24.6 Å². The minimum Gasteiger partial charge on any atom is -0.478 e. The zero-order chi connectivity index (χ0) is 18.1. The van der Waals surface area contributed by atoms with Crippen LogP contribution in [-0.4, -0.2) is 33.8 Å². The van der Waals surface area contributed by atoms with Gasteiger partial charge in [-0.05, 0) is 36.2 Å². The Bertz CT molecular complexity index is 862. The SMILES string of the molecule is Cc1cccc(C(=O)O)c1N1C(=O)CSC1c1ccc(C(=O)O)cc1. The normalized spacial score (nSPS) is 16.9. The first-order valence-corrected chi connectivity index (χ1v) is 8.55. The highest BCUT2D eigenvalue weighted by Gasteiger charge is 2.36. The summed E-state index contributed by atoms with van der Waals surface area (Å²) in [5, 5.41) is 18.1. The number of para-hydroxylation sites is 1. The minimum absolute atomic E-state index is 0.0722. The third kappa shape index (κ3) is 3.10. The number of carbonyl (C=O) groups is 3. The van der Waals surface area contributed by atoms with Crippen LogP contribution in [0, 0.1) is 6.92 Å². The van der Waals surface area contributed by atoms with E-state index in [0.29, 0.717) is 11.3 Å². The average Bonchev–Trinajstić information content (AvgIpc) is 2.96. The van der Waals surface area contributed by atoms with Gasteiger partial charge in [0.15, 0.2) is 0 Å². The molecule has 0 spiro atoms. The summed E-state index contributed by atoms with van der Waals surface area (Å²) in [6.07, 6.45) is 0. The molecule has 1 heterocycles. The molecule has 1 atom stereocenters. The van der Waals surface area contributed by atoms with Crippen molar-refractivity contribution in [1.29, 1.82) is 0 Å². The van der Waals surface area contributed by atoms with Crippen molar-refractivity contribution in [3.63, 3.8) is 0 Å². The number of anilines is 1. The number of hydrogen-bond donors (Lipinski definition) is 2. The Morgan fingerprint density at radius 3 is 2.36 bits per heavy atom. The highest BCUT2D eigenvalue weighted by atomic mass is 32.2. The number of thioether (sulfide) groups is 1. The zero-order valence-electron chi connectivity index (χ0n) is 13.3. The number of amides is 1. The molecule has 128 valence electrons. The van der Waals surface area contributed by atoms with E-state index in [1.165, 1.54) is 34.9 Å². The average molecular weight is 357 g/mol. The Labute approximate surface area is 148 Å². The van der Waals surface area contributed by atoms with Crippen molar-refractivity contribution in [3.8, 4) is 0 Å². The molecule has 2 aromatic carbocycles. The van der Waals surface area contributed by atoms with E-state index in [-0.39, 0.29) is 22.8 Å². The molecule has 2 N–H and O–H groups in total. The number of carbonyl (C=O) groups excluding carboxylic acids is 1. The second kappa shape index (κ2) is 6.60. The van der Waals surface area contributed by atoms with Crippen LogP contribution >= 0.6 is 11.8 Å². The van der Waals surface area contributed by atoms with Crippen LogP contribution in [0.25, 0.3) is 0 Å². The molecule has 2 aromatic rings. The molecule has 1 unspecified atom stereocenters. The molecule has 1 fully saturated rings. The lowest BCUT2D eigenvalue weighted by Gasteiger charge is -2.27. The highest BCUT2D eigenvalue weighted by Crippen LogP contribution is 2.44. The molecule has 3 rings (SSSR count). The van der Waals surface area contributed by atoms with Gasteiger partial charge in [-0.15, -0.1) is 11.8 Å². The Hall–Kier alpha value is -2.80. The van der Waals surface area contributed by atoms with Gasteiger partial charge in [-0.25, -0.2) is 9.59 Å². The Kier molecular flexibility index (Phi) is 4.50. The quantitative estimate of drug-likeness (QED) is 0.873. The van der Waals surface area contributed by atoms with E-state index in [9.17, 15) is 19.5 Å². The number of aromatic carboxylic acids is 2. The Balaban J connectivity index is 2.07. The van der Waals surface area contributed by atoms with Crippen LogP contribution in [0.15, 0.2) is 42.5 Å². The van der Waals surface area contributed by atoms with E-state index < -0.39 is 17.3 Å². The van der Waals surface area contributed by atoms with Crippen LogP contribution in [0.2, 0.25) is 0 Å². The van der Waals surface area contributed by atoms with Crippen molar-refractivity contribution in [2.24, 2.45) is 0 Å². The number of benzene rings is 2. The summed E-state index contributed by atoms with van der Waals surface area (Å²) >= 11 is 1.39. The lowest BCUT2D eigenvalue weighted by molar-refractivity contribution is -0.115. The number of hydrogen-bond acceptors (Lipinski definition) is 4. The van der Waals surface area contributed by atoms with Gasteiger partial charge in [0, 0.05) is 0 Å². The highest BCUT2D eigenvalue weighted by molar-refractivity contribution is 8.00. The van der Waals surface area contributed by atoms with Crippen molar-refractivity contribution in [2.75, 3.05) is 10.7 Å². The Morgan fingerprint density at radius 1 is 1.08 bits per heavy atom. The topological polar surface area (TPSA) is 94.9 Å². The molecule has 0 saturated carbocycles. The smallest absolute Gasteiger partial charge is 0.337 e. The largest absolute Gasteiger partial charge is 0.478 e. The Morgan fingerprint density at radius 2 is 1.76 bits per heavy atom. The molecule has 0 bridgehead atoms. The number of carboxylic acids is 2. The summed E-state index contributed by atoms with van der Waals surface area (Å²) in [7, 11) is 0. The maximum atomic E-state index is 12.5. The van der Waals surface area contributed by atoms with Gasteiger partial charge in [0.25, 0.3) is 0 Å². The van der Waals surface area contributed by atoms with Crippen LogP contribution in [-0.2, 0) is 4.79 Å². The first kappa shape index (κ1) is 17.0. The van der Waals surface area contributed by atoms with Gasteiger partial charge in [-0.3, -0.25) is 9.69 Å². The van der Waals surface area contributed by atoms with Crippen LogP contribution in [0.5, 0.6) is 0 Å². The third-order valence-electron chi connectivity index (χ3n) is 4.02. The second-order valence-electron chi connectivity index (χ2n) is 5.63.